The van der Waals surface area contributed by atoms with Gasteiger partial charge in [0.15, 0.2) is 16.7 Å². The molecule has 31 heavy (non-hydrogen) atoms. The maximum atomic E-state index is 13.2. The van der Waals surface area contributed by atoms with Crippen LogP contribution in [0.5, 0.6) is 11.5 Å². The third-order valence-electron chi connectivity index (χ3n) is 5.14. The number of hydrogen-bond acceptors (Lipinski definition) is 8. The van der Waals surface area contributed by atoms with Crippen molar-refractivity contribution in [3.8, 4) is 11.5 Å². The highest BCUT2D eigenvalue weighted by atomic mass is 32.2. The van der Waals surface area contributed by atoms with E-state index in [1.165, 1.54) is 11.8 Å². The van der Waals surface area contributed by atoms with Gasteiger partial charge in [-0.3, -0.25) is 4.79 Å². The quantitative estimate of drug-likeness (QED) is 0.504. The summed E-state index contributed by atoms with van der Waals surface area (Å²) in [5.74, 6) is 2.21. The van der Waals surface area contributed by atoms with Crippen molar-refractivity contribution in [2.75, 3.05) is 20.0 Å². The molecule has 3 aromatic rings. The number of amides is 1. The van der Waals surface area contributed by atoms with Gasteiger partial charge in [0, 0.05) is 13.5 Å². The maximum Gasteiger partial charge on any atom is 0.253 e. The van der Waals surface area contributed by atoms with Gasteiger partial charge in [-0.25, -0.2) is 5.01 Å². The Morgan fingerprint density at radius 2 is 2.03 bits per heavy atom. The molecule has 0 N–H and O–H groups in total. The molecular weight excluding hydrogens is 434 g/mol. The number of hydrazone groups is 1. The monoisotopic (exact) mass is 457 g/mol. The first-order valence-corrected chi connectivity index (χ1v) is 11.5. The first-order chi connectivity index (χ1) is 15.0. The van der Waals surface area contributed by atoms with E-state index >= 15 is 0 Å². The number of ether oxygens (including phenoxy) is 2. The number of nitrogens with zero attached hydrogens (tertiary/aromatic N) is 5. The van der Waals surface area contributed by atoms with E-state index in [2.05, 4.69) is 10.2 Å². The van der Waals surface area contributed by atoms with Crippen LogP contribution in [0, 0.1) is 6.92 Å². The zero-order valence-corrected chi connectivity index (χ0v) is 19.4. The van der Waals surface area contributed by atoms with Gasteiger partial charge in [0.05, 0.1) is 36.6 Å². The fraction of sp³-hybridized carbons (Fsp3) is 0.333. The molecule has 10 heteroatoms. The second kappa shape index (κ2) is 9.11. The second-order valence-electron chi connectivity index (χ2n) is 6.97. The lowest BCUT2D eigenvalue weighted by Gasteiger charge is -2.22. The summed E-state index contributed by atoms with van der Waals surface area (Å²) in [7, 11) is 5.09. The van der Waals surface area contributed by atoms with Gasteiger partial charge in [-0.1, -0.05) is 23.9 Å². The minimum Gasteiger partial charge on any atom is -0.493 e. The largest absolute Gasteiger partial charge is 0.493 e. The van der Waals surface area contributed by atoms with Crippen LogP contribution in [-0.2, 0) is 11.8 Å². The van der Waals surface area contributed by atoms with E-state index in [0.717, 1.165) is 22.0 Å². The van der Waals surface area contributed by atoms with Crippen molar-refractivity contribution in [1.82, 2.24) is 19.8 Å². The van der Waals surface area contributed by atoms with Gasteiger partial charge in [0.1, 0.15) is 5.82 Å². The highest BCUT2D eigenvalue weighted by Gasteiger charge is 2.34. The average molecular weight is 458 g/mol. The minimum absolute atomic E-state index is 0.0861. The topological polar surface area (TPSA) is 81.8 Å². The number of methoxy groups -OCH3 is 2. The maximum absolute atomic E-state index is 13.2. The van der Waals surface area contributed by atoms with Crippen LogP contribution in [0.2, 0.25) is 0 Å². The molecule has 0 saturated heterocycles. The number of carbonyl (C=O) groups is 1. The van der Waals surface area contributed by atoms with Crippen LogP contribution >= 0.6 is 23.1 Å². The number of benzene rings is 1. The standard InChI is InChI=1S/C21H23N5O3S2/c1-13-22-23-21(25(13)2)31-12-20(27)26-16(11-15(24-26)19-6-5-9-30-19)14-7-8-17(28-3)18(10-14)29-4/h5-10,16H,11-12H2,1-4H3. The molecule has 3 heterocycles. The Labute approximate surface area is 188 Å². The van der Waals surface area contributed by atoms with Gasteiger partial charge in [-0.15, -0.1) is 21.5 Å². The Morgan fingerprint density at radius 3 is 2.68 bits per heavy atom. The number of carbonyl (C=O) groups excluding carboxylic acids is 1. The van der Waals surface area contributed by atoms with Crippen molar-refractivity contribution in [1.29, 1.82) is 0 Å². The van der Waals surface area contributed by atoms with E-state index in [0.29, 0.717) is 23.1 Å². The fourth-order valence-corrected chi connectivity index (χ4v) is 4.89. The van der Waals surface area contributed by atoms with Gasteiger partial charge in [-0.2, -0.15) is 5.10 Å². The van der Waals surface area contributed by atoms with Crippen molar-refractivity contribution < 1.29 is 14.3 Å². The van der Waals surface area contributed by atoms with Crippen LogP contribution in [-0.4, -0.2) is 51.4 Å². The van der Waals surface area contributed by atoms with Crippen LogP contribution in [0.25, 0.3) is 0 Å². The summed E-state index contributed by atoms with van der Waals surface area (Å²) < 4.78 is 12.7. The van der Waals surface area contributed by atoms with Crippen molar-refractivity contribution >= 4 is 34.7 Å². The number of thioether (sulfide) groups is 1. The van der Waals surface area contributed by atoms with E-state index in [-0.39, 0.29) is 17.7 Å². The summed E-state index contributed by atoms with van der Waals surface area (Å²) in [5.41, 5.74) is 1.85. The van der Waals surface area contributed by atoms with Gasteiger partial charge < -0.3 is 14.0 Å². The Balaban J connectivity index is 1.60. The number of thiophene rings is 1. The molecule has 0 bridgehead atoms. The molecule has 1 aliphatic heterocycles. The molecule has 2 aromatic heterocycles. The molecule has 0 radical (unpaired) electrons. The average Bonchev–Trinajstić information content (AvgIpc) is 3.53. The summed E-state index contributed by atoms with van der Waals surface area (Å²) in [6, 6.07) is 9.53. The third kappa shape index (κ3) is 4.31. The Hall–Kier alpha value is -2.85. The fourth-order valence-electron chi connectivity index (χ4n) is 3.36. The SMILES string of the molecule is COc1ccc(C2CC(c3cccs3)=NN2C(=O)CSc2nnc(C)n2C)cc1OC. The van der Waals surface area contributed by atoms with Crippen molar-refractivity contribution in [2.24, 2.45) is 12.1 Å². The molecule has 1 amide bonds. The minimum atomic E-state index is -0.216. The van der Waals surface area contributed by atoms with Crippen LogP contribution in [0.3, 0.4) is 0 Å². The summed E-state index contributed by atoms with van der Waals surface area (Å²) in [5, 5.41) is 17.2. The molecule has 1 aliphatic rings. The van der Waals surface area contributed by atoms with Crippen LogP contribution in [0.1, 0.15) is 28.7 Å². The van der Waals surface area contributed by atoms with E-state index in [1.807, 2.05) is 54.3 Å². The third-order valence-corrected chi connectivity index (χ3v) is 7.07. The van der Waals surface area contributed by atoms with E-state index in [4.69, 9.17) is 14.6 Å². The molecule has 1 aromatic carbocycles. The summed E-state index contributed by atoms with van der Waals surface area (Å²) in [6.07, 6.45) is 0.634. The molecular formula is C21H23N5O3S2. The summed E-state index contributed by atoms with van der Waals surface area (Å²) in [6.45, 7) is 1.88. The van der Waals surface area contributed by atoms with Gasteiger partial charge in [0.25, 0.3) is 5.91 Å². The molecule has 0 fully saturated rings. The lowest BCUT2D eigenvalue weighted by atomic mass is 10.0. The van der Waals surface area contributed by atoms with Crippen molar-refractivity contribution in [3.63, 3.8) is 0 Å². The molecule has 4 rings (SSSR count). The van der Waals surface area contributed by atoms with Crippen LogP contribution < -0.4 is 9.47 Å². The number of hydrogen-bond donors (Lipinski definition) is 0. The molecule has 1 unspecified atom stereocenters. The van der Waals surface area contributed by atoms with E-state index in [1.54, 1.807) is 30.6 Å². The molecule has 0 saturated carbocycles. The normalized spacial score (nSPS) is 15.8. The zero-order chi connectivity index (χ0) is 22.0. The second-order valence-corrected chi connectivity index (χ2v) is 8.86. The molecule has 0 aliphatic carbocycles. The Morgan fingerprint density at radius 1 is 1.23 bits per heavy atom. The van der Waals surface area contributed by atoms with Gasteiger partial charge >= 0.3 is 0 Å². The zero-order valence-electron chi connectivity index (χ0n) is 17.7. The Bertz CT molecular complexity index is 1110. The number of rotatable bonds is 7. The first kappa shape index (κ1) is 21.4. The molecule has 162 valence electrons. The van der Waals surface area contributed by atoms with Gasteiger partial charge in [0.2, 0.25) is 0 Å². The predicted molar refractivity (Wildman–Crippen MR) is 121 cm³/mol. The lowest BCUT2D eigenvalue weighted by molar-refractivity contribution is -0.130. The van der Waals surface area contributed by atoms with E-state index < -0.39 is 0 Å². The Kier molecular flexibility index (Phi) is 6.28. The highest BCUT2D eigenvalue weighted by molar-refractivity contribution is 7.99. The molecule has 8 nitrogen and oxygen atoms in total. The van der Waals surface area contributed by atoms with Crippen molar-refractivity contribution in [3.05, 3.63) is 52.0 Å². The molecule has 1 atom stereocenters. The van der Waals surface area contributed by atoms with Crippen LogP contribution in [0.4, 0.5) is 0 Å². The highest BCUT2D eigenvalue weighted by Crippen LogP contribution is 2.38. The molecule has 0 spiro atoms. The van der Waals surface area contributed by atoms with E-state index in [9.17, 15) is 4.79 Å². The van der Waals surface area contributed by atoms with Crippen molar-refractivity contribution in [2.45, 2.75) is 24.5 Å². The van der Waals surface area contributed by atoms with Gasteiger partial charge in [-0.05, 0) is 36.1 Å². The van der Waals surface area contributed by atoms with Crippen LogP contribution in [0.15, 0.2) is 46.0 Å². The lowest BCUT2D eigenvalue weighted by Crippen LogP contribution is -2.28. The summed E-state index contributed by atoms with van der Waals surface area (Å²) >= 11 is 2.98. The number of aromatic nitrogens is 3. The predicted octanol–water partition coefficient (Wildman–Crippen LogP) is 3.67. The smallest absolute Gasteiger partial charge is 0.253 e. The first-order valence-electron chi connectivity index (χ1n) is 9.66. The number of aryl methyl sites for hydroxylation is 1. The summed E-state index contributed by atoms with van der Waals surface area (Å²) in [4.78, 5) is 14.3.